The molecule has 0 aromatic heterocycles. The van der Waals surface area contributed by atoms with Crippen LogP contribution in [0.3, 0.4) is 0 Å². The lowest BCUT2D eigenvalue weighted by Gasteiger charge is -2.31. The predicted octanol–water partition coefficient (Wildman–Crippen LogP) is 3.45. The minimum atomic E-state index is 0.0308. The first-order valence-electron chi connectivity index (χ1n) is 8.12. The maximum atomic E-state index is 12.5. The minimum absolute atomic E-state index is 0.0308. The highest BCUT2D eigenvalue weighted by molar-refractivity contribution is 5.93. The summed E-state index contributed by atoms with van der Waals surface area (Å²) in [5.74, 6) is 1.28. The molecule has 1 amide bonds. The third-order valence-electron chi connectivity index (χ3n) is 4.46. The fourth-order valence-corrected chi connectivity index (χ4v) is 2.67. The number of anilines is 1. The molecule has 22 heavy (non-hydrogen) atoms. The minimum Gasteiger partial charge on any atom is -0.495 e. The first kappa shape index (κ1) is 16.8. The van der Waals surface area contributed by atoms with E-state index in [9.17, 15) is 4.79 Å². The van der Waals surface area contributed by atoms with Crippen LogP contribution in [0.4, 0.5) is 5.69 Å². The molecule has 0 bridgehead atoms. The van der Waals surface area contributed by atoms with E-state index in [0.29, 0.717) is 30.3 Å². The number of aryl methyl sites for hydroxylation is 1. The summed E-state index contributed by atoms with van der Waals surface area (Å²) in [4.78, 5) is 14.8. The predicted molar refractivity (Wildman–Crippen MR) is 90.4 cm³/mol. The van der Waals surface area contributed by atoms with Gasteiger partial charge in [-0.25, -0.2) is 0 Å². The van der Waals surface area contributed by atoms with Crippen LogP contribution in [0.2, 0.25) is 0 Å². The van der Waals surface area contributed by atoms with Crippen molar-refractivity contribution in [1.82, 2.24) is 4.90 Å². The van der Waals surface area contributed by atoms with Crippen molar-refractivity contribution < 1.29 is 9.53 Å². The lowest BCUT2D eigenvalue weighted by Crippen LogP contribution is -2.43. The molecular weight excluding hydrogens is 276 g/mol. The molecule has 4 nitrogen and oxygen atoms in total. The fraction of sp³-hybridized carbons (Fsp3) is 0.611. The Balaban J connectivity index is 2.04. The zero-order valence-electron chi connectivity index (χ0n) is 14.3. The van der Waals surface area contributed by atoms with Gasteiger partial charge in [0, 0.05) is 12.1 Å². The summed E-state index contributed by atoms with van der Waals surface area (Å²) in [6.45, 7) is 9.08. The third kappa shape index (κ3) is 4.23. The van der Waals surface area contributed by atoms with Crippen LogP contribution < -0.4 is 10.1 Å². The van der Waals surface area contributed by atoms with E-state index in [4.69, 9.17) is 4.74 Å². The van der Waals surface area contributed by atoms with Crippen LogP contribution in [0.25, 0.3) is 0 Å². The van der Waals surface area contributed by atoms with Crippen molar-refractivity contribution >= 4 is 11.6 Å². The van der Waals surface area contributed by atoms with Crippen LogP contribution in [-0.4, -0.2) is 36.5 Å². The Morgan fingerprint density at radius 3 is 2.59 bits per heavy atom. The fourth-order valence-electron chi connectivity index (χ4n) is 2.67. The van der Waals surface area contributed by atoms with Crippen molar-refractivity contribution in [2.24, 2.45) is 5.92 Å². The van der Waals surface area contributed by atoms with E-state index >= 15 is 0 Å². The number of hydrogen-bond donors (Lipinski definition) is 1. The number of benzene rings is 1. The van der Waals surface area contributed by atoms with Crippen LogP contribution in [0, 0.1) is 12.8 Å². The second-order valence-electron chi connectivity index (χ2n) is 6.64. The third-order valence-corrected chi connectivity index (χ3v) is 4.46. The monoisotopic (exact) mass is 304 g/mol. The SMILES string of the molecule is COc1ccc(C)cc1NC(=O)CN(C1CC1)[C@H](C)C(C)C. The Morgan fingerprint density at radius 1 is 1.36 bits per heavy atom. The Kier molecular flexibility index (Phi) is 5.46. The van der Waals surface area contributed by atoms with Gasteiger partial charge in [0.05, 0.1) is 19.3 Å². The summed E-state index contributed by atoms with van der Waals surface area (Å²) in [7, 11) is 1.62. The quantitative estimate of drug-likeness (QED) is 0.839. The van der Waals surface area contributed by atoms with Crippen molar-refractivity contribution in [2.75, 3.05) is 19.0 Å². The van der Waals surface area contributed by atoms with Crippen molar-refractivity contribution in [3.63, 3.8) is 0 Å². The molecule has 0 saturated heterocycles. The van der Waals surface area contributed by atoms with Crippen molar-refractivity contribution in [3.8, 4) is 5.75 Å². The average Bonchev–Trinajstić information content (AvgIpc) is 3.28. The summed E-state index contributed by atoms with van der Waals surface area (Å²) >= 11 is 0. The van der Waals surface area contributed by atoms with E-state index in [1.165, 1.54) is 12.8 Å². The molecule has 1 aliphatic rings. The second-order valence-corrected chi connectivity index (χ2v) is 6.64. The van der Waals surface area contributed by atoms with Gasteiger partial charge >= 0.3 is 0 Å². The highest BCUT2D eigenvalue weighted by Gasteiger charge is 2.34. The first-order chi connectivity index (χ1) is 10.4. The molecule has 1 fully saturated rings. The first-order valence-corrected chi connectivity index (χ1v) is 8.12. The smallest absolute Gasteiger partial charge is 0.238 e. The van der Waals surface area contributed by atoms with Gasteiger partial charge in [0.1, 0.15) is 5.75 Å². The molecule has 0 radical (unpaired) electrons. The van der Waals surface area contributed by atoms with E-state index in [1.54, 1.807) is 7.11 Å². The zero-order chi connectivity index (χ0) is 16.3. The number of carbonyl (C=O) groups excluding carboxylic acids is 1. The molecule has 0 unspecified atom stereocenters. The number of carbonyl (C=O) groups is 1. The van der Waals surface area contributed by atoms with Crippen LogP contribution in [0.5, 0.6) is 5.75 Å². The summed E-state index contributed by atoms with van der Waals surface area (Å²) in [5.41, 5.74) is 1.85. The number of hydrogen-bond acceptors (Lipinski definition) is 3. The lowest BCUT2D eigenvalue weighted by atomic mass is 10.0. The van der Waals surface area contributed by atoms with E-state index in [1.807, 2.05) is 25.1 Å². The molecule has 1 N–H and O–H groups in total. The van der Waals surface area contributed by atoms with Crippen LogP contribution >= 0.6 is 0 Å². The van der Waals surface area contributed by atoms with E-state index in [2.05, 4.69) is 31.0 Å². The Morgan fingerprint density at radius 2 is 2.05 bits per heavy atom. The molecular formula is C18H28N2O2. The van der Waals surface area contributed by atoms with Gasteiger partial charge in [-0.05, 0) is 50.3 Å². The van der Waals surface area contributed by atoms with Gasteiger partial charge in [0.15, 0.2) is 0 Å². The molecule has 0 spiro atoms. The molecule has 1 saturated carbocycles. The highest BCUT2D eigenvalue weighted by Crippen LogP contribution is 2.31. The van der Waals surface area contributed by atoms with Gasteiger partial charge in [-0.15, -0.1) is 0 Å². The van der Waals surface area contributed by atoms with Crippen LogP contribution in [0.15, 0.2) is 18.2 Å². The van der Waals surface area contributed by atoms with Gasteiger partial charge < -0.3 is 10.1 Å². The molecule has 1 aromatic rings. The maximum absolute atomic E-state index is 12.5. The molecule has 4 heteroatoms. The Labute approximate surface area is 133 Å². The maximum Gasteiger partial charge on any atom is 0.238 e. The number of ether oxygens (including phenoxy) is 1. The number of rotatable bonds is 7. The number of nitrogens with zero attached hydrogens (tertiary/aromatic N) is 1. The van der Waals surface area contributed by atoms with Crippen LogP contribution in [0.1, 0.15) is 39.2 Å². The molecule has 0 aliphatic heterocycles. The standard InChI is InChI=1S/C18H28N2O2/c1-12(2)14(4)20(15-7-8-15)11-18(21)19-16-10-13(3)6-9-17(16)22-5/h6,9-10,12,14-15H,7-8,11H2,1-5H3,(H,19,21)/t14-/m1/s1. The molecule has 122 valence electrons. The van der Waals surface area contributed by atoms with Crippen molar-refractivity contribution in [2.45, 2.75) is 52.6 Å². The lowest BCUT2D eigenvalue weighted by molar-refractivity contribution is -0.118. The van der Waals surface area contributed by atoms with E-state index in [0.717, 1.165) is 11.3 Å². The zero-order valence-corrected chi connectivity index (χ0v) is 14.3. The van der Waals surface area contributed by atoms with Gasteiger partial charge in [0.25, 0.3) is 0 Å². The summed E-state index contributed by atoms with van der Waals surface area (Å²) < 4.78 is 5.32. The molecule has 2 rings (SSSR count). The molecule has 1 atom stereocenters. The summed E-state index contributed by atoms with van der Waals surface area (Å²) in [5, 5.41) is 3.00. The molecule has 0 heterocycles. The Hall–Kier alpha value is -1.55. The summed E-state index contributed by atoms with van der Waals surface area (Å²) in [6.07, 6.45) is 2.41. The number of amides is 1. The van der Waals surface area contributed by atoms with Crippen molar-refractivity contribution in [1.29, 1.82) is 0 Å². The average molecular weight is 304 g/mol. The molecule has 1 aromatic carbocycles. The van der Waals surface area contributed by atoms with Crippen LogP contribution in [-0.2, 0) is 4.79 Å². The topological polar surface area (TPSA) is 41.6 Å². The largest absolute Gasteiger partial charge is 0.495 e. The van der Waals surface area contributed by atoms with Gasteiger partial charge in [0.2, 0.25) is 5.91 Å². The highest BCUT2D eigenvalue weighted by atomic mass is 16.5. The second kappa shape index (κ2) is 7.14. The van der Waals surface area contributed by atoms with Crippen molar-refractivity contribution in [3.05, 3.63) is 23.8 Å². The van der Waals surface area contributed by atoms with Gasteiger partial charge in [-0.1, -0.05) is 19.9 Å². The van der Waals surface area contributed by atoms with E-state index < -0.39 is 0 Å². The summed E-state index contributed by atoms with van der Waals surface area (Å²) in [6, 6.07) is 6.80. The normalized spacial score (nSPS) is 16.0. The number of methoxy groups -OCH3 is 1. The van der Waals surface area contributed by atoms with Gasteiger partial charge in [-0.3, -0.25) is 9.69 Å². The Bertz CT molecular complexity index is 524. The number of nitrogens with one attached hydrogen (secondary N) is 1. The van der Waals surface area contributed by atoms with E-state index in [-0.39, 0.29) is 5.91 Å². The van der Waals surface area contributed by atoms with Gasteiger partial charge in [-0.2, -0.15) is 0 Å². The molecule has 1 aliphatic carbocycles.